The fourth-order valence-electron chi connectivity index (χ4n) is 4.06. The molecule has 0 unspecified atom stereocenters. The molecule has 3 nitrogen and oxygen atoms in total. The Morgan fingerprint density at radius 2 is 1.03 bits per heavy atom. The van der Waals surface area contributed by atoms with E-state index in [2.05, 4.69) is 81.4 Å². The number of hydrogen-bond donors (Lipinski definition) is 0. The topological polar surface area (TPSA) is 35.5 Å². The minimum absolute atomic E-state index is 0.106. The highest BCUT2D eigenvalue weighted by molar-refractivity contribution is 5.89. The maximum Gasteiger partial charge on any atom is 0.316 e. The molecule has 182 valence electrons. The van der Waals surface area contributed by atoms with Gasteiger partial charge in [-0.15, -0.1) is 0 Å². The Morgan fingerprint density at radius 1 is 0.667 bits per heavy atom. The Balaban J connectivity index is 3.15. The number of ether oxygens (including phenoxy) is 2. The number of esters is 1. The smallest absolute Gasteiger partial charge is 0.316 e. The largest absolute Gasteiger partial charge is 0.496 e. The average Bonchev–Trinajstić information content (AvgIpc) is 2.64. The summed E-state index contributed by atoms with van der Waals surface area (Å²) in [5.41, 5.74) is 7.83. The zero-order valence-corrected chi connectivity index (χ0v) is 23.4. The molecule has 0 spiro atoms. The molecule has 0 N–H and O–H groups in total. The SMILES string of the molecule is COc1c(C(C)(C)C)cc(C)c(C)c1-c1c(C)c(C)cc(C(C)(C)C)c1OC(=O)C(C)(C)C. The van der Waals surface area contributed by atoms with E-state index >= 15 is 0 Å². The van der Waals surface area contributed by atoms with Gasteiger partial charge in [-0.3, -0.25) is 4.79 Å². The van der Waals surface area contributed by atoms with E-state index in [9.17, 15) is 4.79 Å². The molecular formula is C30H44O3. The number of methoxy groups -OCH3 is 1. The van der Waals surface area contributed by atoms with Crippen LogP contribution in [0.15, 0.2) is 12.1 Å². The molecular weight excluding hydrogens is 408 g/mol. The molecule has 0 aromatic heterocycles. The molecule has 0 aliphatic heterocycles. The second-order valence-electron chi connectivity index (χ2n) is 12.5. The van der Waals surface area contributed by atoms with Crippen molar-refractivity contribution in [1.82, 2.24) is 0 Å². The van der Waals surface area contributed by atoms with E-state index in [0.717, 1.165) is 39.1 Å². The van der Waals surface area contributed by atoms with Gasteiger partial charge in [0.15, 0.2) is 0 Å². The lowest BCUT2D eigenvalue weighted by atomic mass is 9.77. The van der Waals surface area contributed by atoms with Crippen LogP contribution in [0.4, 0.5) is 0 Å². The summed E-state index contributed by atoms with van der Waals surface area (Å²) in [7, 11) is 1.74. The molecule has 0 atom stereocenters. The maximum atomic E-state index is 13.2. The van der Waals surface area contributed by atoms with E-state index in [1.54, 1.807) is 7.11 Å². The molecule has 0 fully saturated rings. The molecule has 0 amide bonds. The van der Waals surface area contributed by atoms with E-state index < -0.39 is 5.41 Å². The molecule has 33 heavy (non-hydrogen) atoms. The van der Waals surface area contributed by atoms with Gasteiger partial charge in [-0.05, 0) is 81.5 Å². The first kappa shape index (κ1) is 27.0. The summed E-state index contributed by atoms with van der Waals surface area (Å²) in [5.74, 6) is 1.27. The summed E-state index contributed by atoms with van der Waals surface area (Å²) in [4.78, 5) is 13.2. The van der Waals surface area contributed by atoms with Gasteiger partial charge in [-0.2, -0.15) is 0 Å². The first-order valence-corrected chi connectivity index (χ1v) is 11.9. The van der Waals surface area contributed by atoms with E-state index in [1.807, 2.05) is 20.8 Å². The number of hydrogen-bond acceptors (Lipinski definition) is 3. The predicted octanol–water partition coefficient (Wildman–Crippen LogP) is 8.14. The highest BCUT2D eigenvalue weighted by Crippen LogP contribution is 2.50. The molecule has 0 radical (unpaired) electrons. The van der Waals surface area contributed by atoms with Crippen LogP contribution in [0.5, 0.6) is 11.5 Å². The van der Waals surface area contributed by atoms with Crippen LogP contribution < -0.4 is 9.47 Å². The van der Waals surface area contributed by atoms with Crippen LogP contribution in [0.1, 0.15) is 95.7 Å². The van der Waals surface area contributed by atoms with Gasteiger partial charge in [-0.25, -0.2) is 0 Å². The lowest BCUT2D eigenvalue weighted by Gasteiger charge is -2.31. The third-order valence-corrected chi connectivity index (χ3v) is 6.48. The monoisotopic (exact) mass is 452 g/mol. The Labute approximate surface area is 201 Å². The molecule has 2 rings (SSSR count). The zero-order chi connectivity index (χ0) is 25.7. The molecule has 0 aliphatic carbocycles. The second kappa shape index (κ2) is 8.81. The average molecular weight is 453 g/mol. The van der Waals surface area contributed by atoms with Crippen LogP contribution in [0, 0.1) is 33.1 Å². The van der Waals surface area contributed by atoms with Gasteiger partial charge >= 0.3 is 5.97 Å². The first-order valence-electron chi connectivity index (χ1n) is 11.9. The van der Waals surface area contributed by atoms with Crippen LogP contribution in [0.2, 0.25) is 0 Å². The Hall–Kier alpha value is -2.29. The maximum absolute atomic E-state index is 13.2. The van der Waals surface area contributed by atoms with Crippen molar-refractivity contribution in [1.29, 1.82) is 0 Å². The van der Waals surface area contributed by atoms with Crippen LogP contribution >= 0.6 is 0 Å². The summed E-state index contributed by atoms with van der Waals surface area (Å²) >= 11 is 0. The number of carbonyl (C=O) groups excluding carboxylic acids is 1. The second-order valence-corrected chi connectivity index (χ2v) is 12.5. The van der Waals surface area contributed by atoms with Crippen molar-refractivity contribution >= 4 is 5.97 Å². The minimum atomic E-state index is -0.618. The van der Waals surface area contributed by atoms with Crippen molar-refractivity contribution in [3.05, 3.63) is 45.5 Å². The Bertz CT molecular complexity index is 1070. The summed E-state index contributed by atoms with van der Waals surface area (Å²) in [5, 5.41) is 0. The van der Waals surface area contributed by atoms with Gasteiger partial charge in [0.2, 0.25) is 0 Å². The first-order chi connectivity index (χ1) is 14.8. The molecule has 3 heteroatoms. The quantitative estimate of drug-likeness (QED) is 0.348. The van der Waals surface area contributed by atoms with Gasteiger partial charge in [0, 0.05) is 22.3 Å². The highest BCUT2D eigenvalue weighted by Gasteiger charge is 2.33. The van der Waals surface area contributed by atoms with Crippen LogP contribution in [0.25, 0.3) is 11.1 Å². The van der Waals surface area contributed by atoms with Crippen molar-refractivity contribution in [3.63, 3.8) is 0 Å². The summed E-state index contributed by atoms with van der Waals surface area (Å²) in [6, 6.07) is 4.40. The van der Waals surface area contributed by atoms with Crippen LogP contribution in [-0.4, -0.2) is 13.1 Å². The van der Waals surface area contributed by atoms with Crippen LogP contribution in [-0.2, 0) is 15.6 Å². The highest BCUT2D eigenvalue weighted by atomic mass is 16.5. The molecule has 0 saturated heterocycles. The number of carbonyl (C=O) groups is 1. The van der Waals surface area contributed by atoms with E-state index in [4.69, 9.17) is 9.47 Å². The number of benzene rings is 2. The lowest BCUT2D eigenvalue weighted by molar-refractivity contribution is -0.143. The minimum Gasteiger partial charge on any atom is -0.496 e. The van der Waals surface area contributed by atoms with E-state index in [1.165, 1.54) is 11.1 Å². The number of aryl methyl sites for hydroxylation is 2. The van der Waals surface area contributed by atoms with E-state index in [0.29, 0.717) is 5.75 Å². The fourth-order valence-corrected chi connectivity index (χ4v) is 4.06. The third-order valence-electron chi connectivity index (χ3n) is 6.48. The standard InChI is InChI=1S/C30H44O3/c1-17-15-21(28(5,6)7)25(32-14)23(19(17)3)24-20(4)18(2)16-22(29(8,9)10)26(24)33-27(31)30(11,12)13/h15-16H,1-14H3. The summed E-state index contributed by atoms with van der Waals surface area (Å²) in [6.07, 6.45) is 0. The van der Waals surface area contributed by atoms with Crippen molar-refractivity contribution < 1.29 is 14.3 Å². The van der Waals surface area contributed by atoms with Crippen molar-refractivity contribution in [2.75, 3.05) is 7.11 Å². The third kappa shape index (κ3) is 5.28. The molecule has 0 aliphatic rings. The van der Waals surface area contributed by atoms with Crippen molar-refractivity contribution in [2.24, 2.45) is 5.41 Å². The van der Waals surface area contributed by atoms with Gasteiger partial charge in [-0.1, -0.05) is 53.7 Å². The van der Waals surface area contributed by atoms with Crippen LogP contribution in [0.3, 0.4) is 0 Å². The summed E-state index contributed by atoms with van der Waals surface area (Å²) < 4.78 is 12.4. The lowest BCUT2D eigenvalue weighted by Crippen LogP contribution is -2.27. The van der Waals surface area contributed by atoms with Crippen molar-refractivity contribution in [2.45, 2.75) is 101 Å². The summed E-state index contributed by atoms with van der Waals surface area (Å²) in [6.45, 7) is 27.3. The van der Waals surface area contributed by atoms with Gasteiger partial charge in [0.05, 0.1) is 12.5 Å². The Morgan fingerprint density at radius 3 is 1.36 bits per heavy atom. The Kier molecular flexibility index (Phi) is 7.20. The molecule has 0 saturated carbocycles. The van der Waals surface area contributed by atoms with Crippen molar-refractivity contribution in [3.8, 4) is 22.6 Å². The normalized spacial score (nSPS) is 12.7. The molecule has 0 heterocycles. The molecule has 2 aromatic carbocycles. The molecule has 0 bridgehead atoms. The fraction of sp³-hybridized carbons (Fsp3) is 0.567. The van der Waals surface area contributed by atoms with Gasteiger partial charge in [0.25, 0.3) is 0 Å². The predicted molar refractivity (Wildman–Crippen MR) is 140 cm³/mol. The number of rotatable bonds is 3. The molecule has 2 aromatic rings. The van der Waals surface area contributed by atoms with Gasteiger partial charge in [0.1, 0.15) is 11.5 Å². The zero-order valence-electron chi connectivity index (χ0n) is 23.4. The van der Waals surface area contributed by atoms with E-state index in [-0.39, 0.29) is 16.8 Å². The van der Waals surface area contributed by atoms with Gasteiger partial charge < -0.3 is 9.47 Å².